The Balaban J connectivity index is 1.34. The van der Waals surface area contributed by atoms with E-state index in [1.165, 1.54) is 0 Å². The highest BCUT2D eigenvalue weighted by Crippen LogP contribution is 2.26. The van der Waals surface area contributed by atoms with Crippen LogP contribution in [0.1, 0.15) is 17.0 Å². The summed E-state index contributed by atoms with van der Waals surface area (Å²) in [4.78, 5) is 22.7. The summed E-state index contributed by atoms with van der Waals surface area (Å²) in [5.74, 6) is 1.15. The van der Waals surface area contributed by atoms with Gasteiger partial charge in [-0.1, -0.05) is 24.3 Å². The molecular weight excluding hydrogens is 434 g/mol. The first-order chi connectivity index (χ1) is 15.0. The van der Waals surface area contributed by atoms with Gasteiger partial charge in [0.25, 0.3) is 5.91 Å². The lowest BCUT2D eigenvalue weighted by molar-refractivity contribution is 0.0576. The zero-order chi connectivity index (χ0) is 21.4. The number of benzene rings is 1. The van der Waals surface area contributed by atoms with Crippen LogP contribution >= 0.6 is 11.3 Å². The number of amides is 1. The number of sulfone groups is 1. The Morgan fingerprint density at radius 2 is 1.81 bits per heavy atom. The maximum atomic E-state index is 13.2. The van der Waals surface area contributed by atoms with E-state index < -0.39 is 9.84 Å². The van der Waals surface area contributed by atoms with Gasteiger partial charge in [-0.05, 0) is 30.0 Å². The van der Waals surface area contributed by atoms with Crippen LogP contribution in [0.15, 0.2) is 47.8 Å². The number of carbonyl (C=O) groups excluding carboxylic acids is 1. The van der Waals surface area contributed by atoms with Gasteiger partial charge >= 0.3 is 0 Å². The molecule has 2 aromatic heterocycles. The highest BCUT2D eigenvalue weighted by Gasteiger charge is 2.35. The lowest BCUT2D eigenvalue weighted by Gasteiger charge is -2.37. The zero-order valence-electron chi connectivity index (χ0n) is 16.9. The van der Waals surface area contributed by atoms with E-state index in [4.69, 9.17) is 0 Å². The molecule has 1 unspecified atom stereocenters. The van der Waals surface area contributed by atoms with Crippen molar-refractivity contribution in [2.45, 2.75) is 12.5 Å². The highest BCUT2D eigenvalue weighted by molar-refractivity contribution is 7.91. The van der Waals surface area contributed by atoms with E-state index in [1.807, 2.05) is 47.8 Å². The Hall–Kier alpha value is -2.56. The number of nitrogens with zero attached hydrogens (tertiary/aromatic N) is 5. The molecule has 0 radical (unpaired) electrons. The molecule has 2 fully saturated rings. The van der Waals surface area contributed by atoms with Gasteiger partial charge in [-0.25, -0.2) is 18.1 Å². The van der Waals surface area contributed by atoms with Crippen molar-refractivity contribution in [2.75, 3.05) is 37.7 Å². The van der Waals surface area contributed by atoms with Gasteiger partial charge in [-0.2, -0.15) is 0 Å². The maximum absolute atomic E-state index is 13.2. The third kappa shape index (κ3) is 4.15. The van der Waals surface area contributed by atoms with Crippen LogP contribution < -0.4 is 0 Å². The summed E-state index contributed by atoms with van der Waals surface area (Å²) in [5.41, 5.74) is 0.852. The minimum atomic E-state index is -2.91. The second kappa shape index (κ2) is 8.18. The molecule has 2 saturated heterocycles. The molecule has 0 aliphatic carbocycles. The van der Waals surface area contributed by atoms with E-state index >= 15 is 0 Å². The predicted octanol–water partition coefficient (Wildman–Crippen LogP) is 1.94. The molecule has 0 N–H and O–H groups in total. The second-order valence-electron chi connectivity index (χ2n) is 7.87. The number of hydrogen-bond acceptors (Lipinski definition) is 7. The van der Waals surface area contributed by atoms with Crippen LogP contribution in [-0.4, -0.2) is 82.6 Å². The summed E-state index contributed by atoms with van der Waals surface area (Å²) in [7, 11) is -2.91. The van der Waals surface area contributed by atoms with E-state index in [0.29, 0.717) is 38.4 Å². The lowest BCUT2D eigenvalue weighted by atomic mass is 10.2. The van der Waals surface area contributed by atoms with E-state index in [1.54, 1.807) is 20.9 Å². The first-order valence-electron chi connectivity index (χ1n) is 10.3. The molecule has 4 heterocycles. The molecule has 0 spiro atoms. The average Bonchev–Trinajstić information content (AvgIpc) is 3.53. The first-order valence-corrected chi connectivity index (χ1v) is 13.0. The van der Waals surface area contributed by atoms with E-state index in [-0.39, 0.29) is 29.3 Å². The summed E-state index contributed by atoms with van der Waals surface area (Å²) in [5, 5.41) is 6.53. The molecule has 2 aliphatic rings. The Labute approximate surface area is 185 Å². The SMILES string of the molecule is O=C(c1nc(-c2cccs2)n(-c2ccccc2)n1)N1CCN(C2CCS(=O)(=O)C2)CC1. The molecule has 2 aliphatic heterocycles. The lowest BCUT2D eigenvalue weighted by Crippen LogP contribution is -2.52. The minimum Gasteiger partial charge on any atom is -0.333 e. The number of para-hydroxylation sites is 1. The molecule has 1 atom stereocenters. The highest BCUT2D eigenvalue weighted by atomic mass is 32.2. The Bertz CT molecular complexity index is 1170. The summed E-state index contributed by atoms with van der Waals surface area (Å²) in [6.45, 7) is 2.43. The van der Waals surface area contributed by atoms with Crippen molar-refractivity contribution in [3.8, 4) is 16.4 Å². The minimum absolute atomic E-state index is 0.0723. The standard InChI is InChI=1S/C21H23N5O3S2/c27-21(25-11-9-24(10-12-25)17-8-14-31(28,29)15-17)19-22-20(18-7-4-13-30-18)26(23-19)16-5-2-1-3-6-16/h1-7,13,17H,8-12,14-15H2. The monoisotopic (exact) mass is 457 g/mol. The van der Waals surface area contributed by atoms with Gasteiger partial charge in [0.2, 0.25) is 5.82 Å². The molecule has 0 bridgehead atoms. The Morgan fingerprint density at radius 1 is 1.03 bits per heavy atom. The Kier molecular flexibility index (Phi) is 5.37. The smallest absolute Gasteiger partial charge is 0.293 e. The largest absolute Gasteiger partial charge is 0.333 e. The van der Waals surface area contributed by atoms with Crippen molar-refractivity contribution in [1.29, 1.82) is 0 Å². The number of carbonyl (C=O) groups is 1. The quantitative estimate of drug-likeness (QED) is 0.595. The van der Waals surface area contributed by atoms with Gasteiger partial charge in [0, 0.05) is 32.2 Å². The molecule has 0 saturated carbocycles. The number of rotatable bonds is 4. The van der Waals surface area contributed by atoms with E-state index in [9.17, 15) is 13.2 Å². The van der Waals surface area contributed by atoms with Gasteiger partial charge in [0.15, 0.2) is 15.7 Å². The summed E-state index contributed by atoms with van der Waals surface area (Å²) in [6.07, 6.45) is 0.684. The third-order valence-electron chi connectivity index (χ3n) is 5.87. The van der Waals surface area contributed by atoms with Gasteiger partial charge < -0.3 is 4.90 Å². The molecule has 8 nitrogen and oxygen atoms in total. The topological polar surface area (TPSA) is 88.4 Å². The average molecular weight is 458 g/mol. The van der Waals surface area contributed by atoms with Gasteiger partial charge in [-0.15, -0.1) is 16.4 Å². The van der Waals surface area contributed by atoms with Crippen LogP contribution in [0.25, 0.3) is 16.4 Å². The normalized spacial score (nSPS) is 21.4. The molecule has 1 aromatic carbocycles. The molecule has 31 heavy (non-hydrogen) atoms. The second-order valence-corrected chi connectivity index (χ2v) is 11.0. The molecule has 162 valence electrons. The number of piperazine rings is 1. The van der Waals surface area contributed by atoms with Crippen LogP contribution in [0, 0.1) is 0 Å². The van der Waals surface area contributed by atoms with Crippen molar-refractivity contribution in [3.05, 3.63) is 53.7 Å². The fraction of sp³-hybridized carbons (Fsp3) is 0.381. The number of hydrogen-bond donors (Lipinski definition) is 0. The Morgan fingerprint density at radius 3 is 2.45 bits per heavy atom. The van der Waals surface area contributed by atoms with Crippen LogP contribution in [0.5, 0.6) is 0 Å². The first kappa shape index (κ1) is 20.3. The van der Waals surface area contributed by atoms with Gasteiger partial charge in [0.05, 0.1) is 22.1 Å². The summed E-state index contributed by atoms with van der Waals surface area (Å²) < 4.78 is 25.3. The number of thiophene rings is 1. The molecule has 1 amide bonds. The van der Waals surface area contributed by atoms with Crippen molar-refractivity contribution in [1.82, 2.24) is 24.6 Å². The van der Waals surface area contributed by atoms with Gasteiger partial charge in [-0.3, -0.25) is 9.69 Å². The fourth-order valence-corrected chi connectivity index (χ4v) is 6.67. The van der Waals surface area contributed by atoms with Crippen molar-refractivity contribution in [3.63, 3.8) is 0 Å². The zero-order valence-corrected chi connectivity index (χ0v) is 18.6. The number of aromatic nitrogens is 3. The van der Waals surface area contributed by atoms with Crippen molar-refractivity contribution >= 4 is 27.1 Å². The molecule has 3 aromatic rings. The third-order valence-corrected chi connectivity index (χ3v) is 8.48. The molecule has 5 rings (SSSR count). The van der Waals surface area contributed by atoms with Crippen LogP contribution in [0.4, 0.5) is 0 Å². The van der Waals surface area contributed by atoms with Gasteiger partial charge in [0.1, 0.15) is 0 Å². The van der Waals surface area contributed by atoms with Crippen molar-refractivity contribution in [2.24, 2.45) is 0 Å². The van der Waals surface area contributed by atoms with Crippen LogP contribution in [-0.2, 0) is 9.84 Å². The maximum Gasteiger partial charge on any atom is 0.293 e. The molecular formula is C21H23N5O3S2. The van der Waals surface area contributed by atoms with Crippen molar-refractivity contribution < 1.29 is 13.2 Å². The van der Waals surface area contributed by atoms with E-state index in [2.05, 4.69) is 15.0 Å². The van der Waals surface area contributed by atoms with E-state index in [0.717, 1.165) is 10.6 Å². The predicted molar refractivity (Wildman–Crippen MR) is 119 cm³/mol. The molecule has 10 heteroatoms. The summed E-state index contributed by atoms with van der Waals surface area (Å²) in [6, 6.07) is 13.7. The fourth-order valence-electron chi connectivity index (χ4n) is 4.21. The van der Waals surface area contributed by atoms with Crippen LogP contribution in [0.3, 0.4) is 0 Å². The van der Waals surface area contributed by atoms with Crippen LogP contribution in [0.2, 0.25) is 0 Å². The summed E-state index contributed by atoms with van der Waals surface area (Å²) >= 11 is 1.56.